The monoisotopic (exact) mass is 467 g/mol. The van der Waals surface area contributed by atoms with Gasteiger partial charge in [-0.05, 0) is 63.3 Å². The van der Waals surface area contributed by atoms with E-state index in [4.69, 9.17) is 4.74 Å². The van der Waals surface area contributed by atoms with Crippen LogP contribution >= 0.6 is 11.8 Å². The number of phenolic OH excluding ortho intramolecular Hbond substituents is 1. The van der Waals surface area contributed by atoms with Gasteiger partial charge in [-0.25, -0.2) is 4.79 Å². The Morgan fingerprint density at radius 2 is 1.94 bits per heavy atom. The highest BCUT2D eigenvalue weighted by Gasteiger charge is 2.34. The van der Waals surface area contributed by atoms with E-state index in [-0.39, 0.29) is 11.7 Å². The molecule has 1 aromatic rings. The molecule has 3 amide bonds. The third-order valence-electron chi connectivity index (χ3n) is 4.60. The molecule has 0 aliphatic heterocycles. The highest BCUT2D eigenvalue weighted by molar-refractivity contribution is 7.98. The maximum atomic E-state index is 13.4. The van der Waals surface area contributed by atoms with Crippen LogP contribution in [-0.2, 0) is 14.3 Å². The van der Waals surface area contributed by atoms with E-state index in [1.807, 2.05) is 13.2 Å². The van der Waals surface area contributed by atoms with Crippen molar-refractivity contribution in [1.82, 2.24) is 15.5 Å². The van der Waals surface area contributed by atoms with Gasteiger partial charge in [-0.1, -0.05) is 25.5 Å². The summed E-state index contributed by atoms with van der Waals surface area (Å²) in [5, 5.41) is 15.4. The number of nitrogens with zero attached hydrogens (tertiary/aromatic N) is 1. The van der Waals surface area contributed by atoms with Gasteiger partial charge in [-0.15, -0.1) is 0 Å². The van der Waals surface area contributed by atoms with Crippen molar-refractivity contribution in [3.8, 4) is 5.75 Å². The van der Waals surface area contributed by atoms with Crippen LogP contribution in [0.1, 0.15) is 58.6 Å². The molecule has 0 aliphatic rings. The Balaban J connectivity index is 3.15. The zero-order chi connectivity index (χ0) is 24.3. The van der Waals surface area contributed by atoms with Crippen molar-refractivity contribution < 1.29 is 24.2 Å². The second-order valence-corrected chi connectivity index (χ2v) is 9.56. The van der Waals surface area contributed by atoms with Crippen molar-refractivity contribution in [3.63, 3.8) is 0 Å². The molecule has 1 rings (SSSR count). The molecule has 32 heavy (non-hydrogen) atoms. The van der Waals surface area contributed by atoms with Gasteiger partial charge >= 0.3 is 6.09 Å². The van der Waals surface area contributed by atoms with Crippen molar-refractivity contribution in [3.05, 3.63) is 29.8 Å². The zero-order valence-electron chi connectivity index (χ0n) is 19.9. The quantitative estimate of drug-likeness (QED) is 0.430. The molecule has 0 bridgehead atoms. The van der Waals surface area contributed by atoms with Crippen molar-refractivity contribution in [2.45, 2.75) is 64.6 Å². The number of benzene rings is 1. The van der Waals surface area contributed by atoms with Gasteiger partial charge in [-0.3, -0.25) is 9.59 Å². The summed E-state index contributed by atoms with van der Waals surface area (Å²) in [4.78, 5) is 40.1. The second-order valence-electron chi connectivity index (χ2n) is 8.57. The van der Waals surface area contributed by atoms with E-state index in [1.165, 1.54) is 24.1 Å². The number of carbonyl (C=O) groups excluding carboxylic acids is 3. The van der Waals surface area contributed by atoms with Crippen LogP contribution in [0.4, 0.5) is 4.79 Å². The van der Waals surface area contributed by atoms with Crippen LogP contribution in [0.5, 0.6) is 5.75 Å². The highest BCUT2D eigenvalue weighted by atomic mass is 32.2. The van der Waals surface area contributed by atoms with Crippen LogP contribution in [0, 0.1) is 0 Å². The predicted molar refractivity (Wildman–Crippen MR) is 128 cm³/mol. The molecule has 0 spiro atoms. The number of rotatable bonds is 11. The van der Waals surface area contributed by atoms with E-state index < -0.39 is 29.7 Å². The summed E-state index contributed by atoms with van der Waals surface area (Å²) in [6, 6.07) is 4.47. The highest BCUT2D eigenvalue weighted by Crippen LogP contribution is 2.24. The lowest BCUT2D eigenvalue weighted by atomic mass is 10.0. The largest absolute Gasteiger partial charge is 0.508 e. The van der Waals surface area contributed by atoms with Crippen LogP contribution in [0.25, 0.3) is 0 Å². The number of thioether (sulfide) groups is 1. The molecule has 0 aromatic heterocycles. The average molecular weight is 468 g/mol. The number of likely N-dealkylation sites (N-methyl/N-ethyl adjacent to an activating group) is 1. The SMILES string of the molecule is CCCCNC(=O)C(c1cccc(O)c1)N(C)C(=O)C(CCSC)NC(=O)OC(C)(C)C. The zero-order valence-corrected chi connectivity index (χ0v) is 20.8. The Morgan fingerprint density at radius 1 is 1.25 bits per heavy atom. The molecular formula is C23H37N3O5S. The van der Waals surface area contributed by atoms with Gasteiger partial charge in [0.25, 0.3) is 0 Å². The summed E-state index contributed by atoms with van der Waals surface area (Å²) >= 11 is 1.55. The van der Waals surface area contributed by atoms with Crippen molar-refractivity contribution in [2.24, 2.45) is 0 Å². The van der Waals surface area contributed by atoms with Crippen LogP contribution < -0.4 is 10.6 Å². The van der Waals surface area contributed by atoms with Gasteiger partial charge in [0.05, 0.1) is 0 Å². The molecule has 0 saturated carbocycles. The Bertz CT molecular complexity index is 766. The van der Waals surface area contributed by atoms with Crippen LogP contribution in [0.15, 0.2) is 24.3 Å². The van der Waals surface area contributed by atoms with Crippen molar-refractivity contribution in [2.75, 3.05) is 25.6 Å². The molecule has 0 heterocycles. The summed E-state index contributed by atoms with van der Waals surface area (Å²) in [7, 11) is 1.53. The first kappa shape index (κ1) is 27.6. The summed E-state index contributed by atoms with van der Waals surface area (Å²) in [5.41, 5.74) is -0.220. The van der Waals surface area contributed by atoms with E-state index in [0.29, 0.717) is 24.3 Å². The van der Waals surface area contributed by atoms with Crippen molar-refractivity contribution >= 4 is 29.7 Å². The fourth-order valence-corrected chi connectivity index (χ4v) is 3.52. The predicted octanol–water partition coefficient (Wildman–Crippen LogP) is 3.45. The number of alkyl carbamates (subject to hydrolysis) is 1. The van der Waals surface area contributed by atoms with Crippen LogP contribution in [-0.4, -0.2) is 65.2 Å². The first-order valence-corrected chi connectivity index (χ1v) is 12.2. The molecule has 0 aliphatic carbocycles. The lowest BCUT2D eigenvalue weighted by molar-refractivity contribution is -0.140. The third kappa shape index (κ3) is 9.38. The summed E-state index contributed by atoms with van der Waals surface area (Å²) in [6.45, 7) is 7.74. The number of carbonyl (C=O) groups is 3. The lowest BCUT2D eigenvalue weighted by Gasteiger charge is -2.31. The van der Waals surface area contributed by atoms with E-state index in [2.05, 4.69) is 10.6 Å². The first-order chi connectivity index (χ1) is 15.0. The Morgan fingerprint density at radius 3 is 2.50 bits per heavy atom. The molecule has 0 saturated heterocycles. The lowest BCUT2D eigenvalue weighted by Crippen LogP contribution is -2.52. The number of hydrogen-bond donors (Lipinski definition) is 3. The molecular weight excluding hydrogens is 430 g/mol. The molecule has 180 valence electrons. The molecule has 9 heteroatoms. The number of hydrogen-bond acceptors (Lipinski definition) is 6. The molecule has 3 N–H and O–H groups in total. The maximum Gasteiger partial charge on any atom is 0.408 e. The summed E-state index contributed by atoms with van der Waals surface area (Å²) < 4.78 is 5.31. The van der Waals surface area contributed by atoms with E-state index >= 15 is 0 Å². The van der Waals surface area contributed by atoms with Crippen molar-refractivity contribution in [1.29, 1.82) is 0 Å². The van der Waals surface area contributed by atoms with Gasteiger partial charge in [0.2, 0.25) is 11.8 Å². The normalized spacial score (nSPS) is 13.1. The number of aromatic hydroxyl groups is 1. The third-order valence-corrected chi connectivity index (χ3v) is 5.24. The van der Waals surface area contributed by atoms with Gasteiger partial charge in [-0.2, -0.15) is 11.8 Å². The molecule has 2 unspecified atom stereocenters. The van der Waals surface area contributed by atoms with Crippen LogP contribution in [0.2, 0.25) is 0 Å². The Kier molecular flexibility index (Phi) is 11.4. The van der Waals surface area contributed by atoms with Crippen LogP contribution in [0.3, 0.4) is 0 Å². The number of phenols is 1. The standard InChI is InChI=1S/C23H37N3O5S/c1-7-8-13-24-20(28)19(16-10-9-11-17(27)15-16)26(5)21(29)18(12-14-32-6)25-22(30)31-23(2,3)4/h9-11,15,18-19,27H,7-8,12-14H2,1-6H3,(H,24,28)(H,25,30). The topological polar surface area (TPSA) is 108 Å². The fraction of sp³-hybridized carbons (Fsp3) is 0.609. The van der Waals surface area contributed by atoms with Gasteiger partial charge in [0.1, 0.15) is 23.4 Å². The fourth-order valence-electron chi connectivity index (χ4n) is 3.05. The van der Waals surface area contributed by atoms with Gasteiger partial charge < -0.3 is 25.4 Å². The molecule has 1 aromatic carbocycles. The minimum absolute atomic E-state index is 0.000482. The smallest absolute Gasteiger partial charge is 0.408 e. The summed E-state index contributed by atoms with van der Waals surface area (Å²) in [6.07, 6.45) is 3.34. The Labute approximate surface area is 195 Å². The molecule has 2 atom stereocenters. The van der Waals surface area contributed by atoms with Gasteiger partial charge in [0, 0.05) is 13.6 Å². The number of nitrogens with one attached hydrogen (secondary N) is 2. The first-order valence-electron chi connectivity index (χ1n) is 10.8. The van der Waals surface area contributed by atoms with E-state index in [1.54, 1.807) is 44.7 Å². The molecule has 8 nitrogen and oxygen atoms in total. The number of unbranched alkanes of at least 4 members (excludes halogenated alkanes) is 1. The number of amides is 3. The molecule has 0 radical (unpaired) electrons. The Hall–Kier alpha value is -2.42. The number of ether oxygens (including phenoxy) is 1. The average Bonchev–Trinajstić information content (AvgIpc) is 2.69. The van der Waals surface area contributed by atoms with E-state index in [0.717, 1.165) is 12.8 Å². The second kappa shape index (κ2) is 13.2. The minimum atomic E-state index is -0.955. The van der Waals surface area contributed by atoms with E-state index in [9.17, 15) is 19.5 Å². The maximum absolute atomic E-state index is 13.4. The van der Waals surface area contributed by atoms with Gasteiger partial charge in [0.15, 0.2) is 0 Å². The minimum Gasteiger partial charge on any atom is -0.508 e. The summed E-state index contributed by atoms with van der Waals surface area (Å²) in [5.74, 6) is -0.121. The molecule has 0 fully saturated rings.